The summed E-state index contributed by atoms with van der Waals surface area (Å²) in [6.45, 7) is 41.4. The molecule has 7 aromatic carbocycles. The number of fused-ring (bicyclic) bond motifs is 3. The fourth-order valence-electron chi connectivity index (χ4n) is 14.3. The molecule has 1 saturated heterocycles. The minimum absolute atomic E-state index is 0. The largest absolute Gasteiger partial charge is 0.481 e. The van der Waals surface area contributed by atoms with Crippen molar-refractivity contribution in [3.8, 4) is 0 Å². The number of benzene rings is 7. The first-order valence-electron chi connectivity index (χ1n) is 49.2. The van der Waals surface area contributed by atoms with Crippen molar-refractivity contribution in [1.29, 1.82) is 0 Å². The summed E-state index contributed by atoms with van der Waals surface area (Å²) in [5, 5.41) is 88.2. The van der Waals surface area contributed by atoms with E-state index in [0.717, 1.165) is 90.1 Å². The van der Waals surface area contributed by atoms with Crippen molar-refractivity contribution in [2.75, 3.05) is 129 Å². The Morgan fingerprint density at radius 3 is 0.770 bits per heavy atom. The zero-order valence-corrected chi connectivity index (χ0v) is 90.2. The van der Waals surface area contributed by atoms with Crippen molar-refractivity contribution in [1.82, 2.24) is 16.0 Å². The third-order valence-corrected chi connectivity index (χ3v) is 24.4. The van der Waals surface area contributed by atoms with Gasteiger partial charge in [-0.15, -0.1) is 12.4 Å². The van der Waals surface area contributed by atoms with Crippen molar-refractivity contribution < 1.29 is 118 Å². The first kappa shape index (κ1) is 135. The summed E-state index contributed by atoms with van der Waals surface area (Å²) in [4.78, 5) is 82.0. The average Bonchev–Trinajstić information content (AvgIpc) is 1.61. The number of halogens is 1. The molecule has 0 aliphatic carbocycles. The van der Waals surface area contributed by atoms with Crippen molar-refractivity contribution in [2.24, 2.45) is 47.3 Å². The van der Waals surface area contributed by atoms with Gasteiger partial charge in [0.25, 0.3) is 0 Å². The number of para-hydroxylation sites is 1. The molecule has 0 saturated carbocycles. The molecule has 4 aliphatic heterocycles. The average molecular weight is 1970 g/mol. The molecule has 784 valence electrons. The van der Waals surface area contributed by atoms with E-state index in [-0.39, 0.29) is 85.7 Å². The number of hydrogen-bond donors (Lipinski definition) is 13. The zero-order chi connectivity index (χ0) is 105. The minimum atomic E-state index is -0.820. The van der Waals surface area contributed by atoms with Gasteiger partial charge in [0.1, 0.15) is 84.2 Å². The number of quaternary nitrogens is 8. The van der Waals surface area contributed by atoms with Crippen molar-refractivity contribution in [3.05, 3.63) is 244 Å². The maximum Gasteiger partial charge on any atom is 0.306 e. The van der Waals surface area contributed by atoms with Gasteiger partial charge in [-0.3, -0.25) is 42.8 Å². The Kier molecular flexibility index (Phi) is 72.2. The second-order valence-electron chi connectivity index (χ2n) is 39.6. The maximum atomic E-state index is 11.6. The van der Waals surface area contributed by atoms with Gasteiger partial charge in [0.2, 0.25) is 5.91 Å². The highest BCUT2D eigenvalue weighted by Crippen LogP contribution is 2.40. The lowest BCUT2D eigenvalue weighted by Crippen LogP contribution is -2.52. The van der Waals surface area contributed by atoms with Gasteiger partial charge in [0.15, 0.2) is 0 Å². The predicted molar refractivity (Wildman–Crippen MR) is 566 cm³/mol. The van der Waals surface area contributed by atoms with Gasteiger partial charge >= 0.3 is 41.8 Å². The lowest BCUT2D eigenvalue weighted by atomic mass is 9.93. The third-order valence-electron chi connectivity index (χ3n) is 24.4. The van der Waals surface area contributed by atoms with E-state index in [1.807, 2.05) is 84.9 Å². The number of carbonyl (C=O) groups is 8. The molecule has 2 spiro atoms. The highest BCUT2D eigenvalue weighted by molar-refractivity contribution is 5.85. The second-order valence-corrected chi connectivity index (χ2v) is 39.6. The quantitative estimate of drug-likeness (QED) is 0.0134. The van der Waals surface area contributed by atoms with Crippen molar-refractivity contribution >= 4 is 65.8 Å². The summed E-state index contributed by atoms with van der Waals surface area (Å²) < 4.78 is 5.97. The molecular formula is C111H188ClN9O18+8. The lowest BCUT2D eigenvalue weighted by molar-refractivity contribution is -0.966. The number of aliphatic hydroxyl groups excluding tert-OH is 3. The van der Waals surface area contributed by atoms with E-state index < -0.39 is 47.7 Å². The molecule has 0 aromatic heterocycles. The first-order chi connectivity index (χ1) is 64.4. The molecule has 0 radical (unpaired) electrons. The normalized spacial score (nSPS) is 14.4. The molecule has 8 unspecified atom stereocenters. The highest BCUT2D eigenvalue weighted by Gasteiger charge is 2.42. The van der Waals surface area contributed by atoms with Crippen LogP contribution in [0.2, 0.25) is 0 Å². The van der Waals surface area contributed by atoms with Crippen LogP contribution in [-0.4, -0.2) is 250 Å². The number of aliphatic hydroxyl groups is 3. The fourth-order valence-corrected chi connectivity index (χ4v) is 14.3. The number of carbonyl (C=O) groups excluding carboxylic acids is 1. The molecule has 4 heterocycles. The predicted octanol–water partition coefficient (Wildman–Crippen LogP) is 18.6. The van der Waals surface area contributed by atoms with Crippen LogP contribution in [0.1, 0.15) is 218 Å². The Bertz CT molecular complexity index is 4080. The Labute approximate surface area is 841 Å². The standard InChI is InChI=1S/C16H16N.C13H22NO3.C12H16N.C11H22N2O3.2C10H16N.C9H14N.6C5H10O2.ClH.H3N/c1-2-6-14-10-17(9-13(14)5-1)11-15-7-3-4-8-16(15)12-17;15-9-6-14(7-10-16,8-11-17)12-13-4-2-1-3-5-13;1-2-6-12-10-13(7-3-4-8-13)9-11(12)5-1;1-3-9(11(15)16)7-8(2)10(14)13-6-4-5-12;2*1-11(2,3)9-10-7-5-4-6-8-10;1-10(2,3)9-7-5-4-6-8-9;6*1-3-4(2)5(6)7;;/h1-8H,9-12H2;1-5,15-17H,6-12H2;1-2,5-6H,3-4,7-10H2;8-9H,3-7,12H2,1-2H3,(H,13,14)(H,15,16);2*4-8H,9H2,1-3H3;4-8H,1-3H3;6*4H,3H2,1-2H3,(H,6,7);1H;1H3/q3*+1;;3*+1;;;;;;;;/p+2. The number of hydrogen-bond acceptors (Lipinski definition) is 11. The molecule has 28 heteroatoms. The maximum absolute atomic E-state index is 11.6. The Hall–Kier alpha value is -9.85. The smallest absolute Gasteiger partial charge is 0.306 e. The molecule has 7 aromatic rings. The van der Waals surface area contributed by atoms with E-state index in [4.69, 9.17) is 51.1 Å². The number of carboxylic acids is 7. The Balaban J connectivity index is -0.000000720. The van der Waals surface area contributed by atoms with Crippen molar-refractivity contribution in [2.45, 2.75) is 226 Å². The van der Waals surface area contributed by atoms with Gasteiger partial charge in [-0.1, -0.05) is 279 Å². The zero-order valence-electron chi connectivity index (χ0n) is 89.3. The second kappa shape index (κ2) is 74.2. The van der Waals surface area contributed by atoms with E-state index in [1.165, 1.54) is 91.0 Å². The minimum Gasteiger partial charge on any atom is -0.481 e. The summed E-state index contributed by atoms with van der Waals surface area (Å²) in [6, 6.07) is 68.4. The van der Waals surface area contributed by atoms with Crippen molar-refractivity contribution in [3.63, 3.8) is 0 Å². The van der Waals surface area contributed by atoms with Crippen LogP contribution >= 0.6 is 12.4 Å². The molecule has 1 fully saturated rings. The first-order valence-corrected chi connectivity index (χ1v) is 49.2. The topological polar surface area (TPSA) is 415 Å². The molecule has 139 heavy (non-hydrogen) atoms. The summed E-state index contributed by atoms with van der Waals surface area (Å²) in [7, 11) is 19.7. The molecule has 18 N–H and O–H groups in total. The van der Waals surface area contributed by atoms with Crippen LogP contribution in [0, 0.1) is 47.3 Å². The van der Waals surface area contributed by atoms with E-state index in [2.05, 4.69) is 232 Å². The molecule has 27 nitrogen and oxygen atoms in total. The van der Waals surface area contributed by atoms with Crippen LogP contribution in [0.15, 0.2) is 194 Å². The van der Waals surface area contributed by atoms with Crippen LogP contribution < -0.4 is 21.7 Å². The number of aliphatic carboxylic acids is 7. The molecule has 8 atom stereocenters. The molecule has 1 amide bonds. The molecule has 4 aliphatic rings. The lowest BCUT2D eigenvalue weighted by Gasteiger charge is -2.37. The number of amides is 1. The van der Waals surface area contributed by atoms with Crippen LogP contribution in [0.3, 0.4) is 0 Å². The summed E-state index contributed by atoms with van der Waals surface area (Å²) in [5.41, 5.74) is 18.4. The number of rotatable bonds is 33. The van der Waals surface area contributed by atoms with Gasteiger partial charge in [0, 0.05) is 81.8 Å². The van der Waals surface area contributed by atoms with Gasteiger partial charge in [-0.05, 0) is 63.5 Å². The van der Waals surface area contributed by atoms with E-state index in [9.17, 15) is 38.4 Å². The van der Waals surface area contributed by atoms with Gasteiger partial charge in [0.05, 0.1) is 144 Å². The van der Waals surface area contributed by atoms with Gasteiger partial charge < -0.3 is 90.7 Å². The van der Waals surface area contributed by atoms with Crippen LogP contribution in [-0.2, 0) is 97.3 Å². The molecule has 0 bridgehead atoms. The highest BCUT2D eigenvalue weighted by atomic mass is 35.5. The summed E-state index contributed by atoms with van der Waals surface area (Å²) >= 11 is 0. The van der Waals surface area contributed by atoms with Crippen LogP contribution in [0.4, 0.5) is 5.69 Å². The van der Waals surface area contributed by atoms with Crippen LogP contribution in [0.25, 0.3) is 0 Å². The monoisotopic (exact) mass is 1970 g/mol. The number of nitrogens with one attached hydrogen (secondary N) is 1. The fraction of sp³-hybridized carbons (Fsp3) is 0.550. The van der Waals surface area contributed by atoms with E-state index in [0.29, 0.717) is 43.5 Å². The third kappa shape index (κ3) is 61.5. The Morgan fingerprint density at radius 2 is 0.576 bits per heavy atom. The SMILES string of the molecule is CCC(C)C(=O)O.CCC(C)C(=O)O.CCC(C)C(=O)O.CCC(C)C(=O)O.CCC(C)C(=O)O.CCC(C)C(=O)O.CCC(CC(C)C(=O)NCCC[NH3+])C(=O)O.C[N+](C)(C)Cc1ccccc1.C[N+](C)(C)Cc1ccccc1.C[N+](C)(C)c1ccccc1.Cl.OCC[N+](CCO)(CCO)Cc1ccccc1.[NH4+].c1ccc2c(c1)C[N+]1(C2)Cc2ccccc2C1.c1ccc2c(c1)C[N+]1(CCCC1)C2. The Morgan fingerprint density at radius 1 is 0.338 bits per heavy atom. The van der Waals surface area contributed by atoms with Gasteiger partial charge in [-0.2, -0.15) is 0 Å². The summed E-state index contributed by atoms with van der Waals surface area (Å²) in [6.07, 6.45) is 9.00. The number of carboxylic acid groups (broad SMARTS) is 7. The van der Waals surface area contributed by atoms with E-state index in [1.54, 1.807) is 81.8 Å². The number of nitrogens with zero attached hydrogens (tertiary/aromatic N) is 6. The van der Waals surface area contributed by atoms with Crippen LogP contribution in [0.5, 0.6) is 0 Å². The summed E-state index contributed by atoms with van der Waals surface area (Å²) in [5.74, 6) is -6.87. The van der Waals surface area contributed by atoms with E-state index >= 15 is 0 Å². The van der Waals surface area contributed by atoms with Gasteiger partial charge in [-0.25, -0.2) is 0 Å². The molecule has 11 rings (SSSR count). The molecular weight excluding hydrogens is 1780 g/mol.